The molecule has 0 atom stereocenters. The second kappa shape index (κ2) is 7.64. The summed E-state index contributed by atoms with van der Waals surface area (Å²) in [5.41, 5.74) is 2.12. The normalized spacial score (nSPS) is 10.8. The fourth-order valence-corrected chi connectivity index (χ4v) is 2.57. The molecule has 0 bridgehead atoms. The number of carboxylic acids is 1. The Morgan fingerprint density at radius 1 is 1.27 bits per heavy atom. The first kappa shape index (κ1) is 17.4. The lowest BCUT2D eigenvalue weighted by atomic mass is 10.1. The van der Waals surface area contributed by atoms with E-state index < -0.39 is 5.97 Å². The highest BCUT2D eigenvalue weighted by Gasteiger charge is 2.18. The monoisotopic (exact) mass is 365 g/mol. The van der Waals surface area contributed by atoms with E-state index in [1.54, 1.807) is 42.6 Å². The van der Waals surface area contributed by atoms with Crippen molar-refractivity contribution in [3.05, 3.63) is 70.4 Å². The molecule has 0 radical (unpaired) electrons. The summed E-state index contributed by atoms with van der Waals surface area (Å²) >= 11 is 6.16. The van der Waals surface area contributed by atoms with Gasteiger partial charge < -0.3 is 9.63 Å². The third-order valence-electron chi connectivity index (χ3n) is 3.63. The van der Waals surface area contributed by atoms with Crippen LogP contribution < -0.4 is 0 Å². The summed E-state index contributed by atoms with van der Waals surface area (Å²) in [5.74, 6) is -0.610. The SMILES string of the molecule is N#Cc1c(-c2ccccc2Cl)noc1CC=Nc1ccc(C(=O)O)cc1. The minimum atomic E-state index is -0.993. The molecule has 3 aromatic rings. The Balaban J connectivity index is 1.80. The molecule has 0 saturated carbocycles. The lowest BCUT2D eigenvalue weighted by Gasteiger charge is -1.99. The van der Waals surface area contributed by atoms with Gasteiger partial charge in [0.1, 0.15) is 17.3 Å². The van der Waals surface area contributed by atoms with Gasteiger partial charge in [0.15, 0.2) is 5.76 Å². The second-order valence-electron chi connectivity index (χ2n) is 5.29. The maximum absolute atomic E-state index is 10.8. The van der Waals surface area contributed by atoms with Crippen molar-refractivity contribution in [2.45, 2.75) is 6.42 Å². The van der Waals surface area contributed by atoms with E-state index in [9.17, 15) is 10.1 Å². The summed E-state index contributed by atoms with van der Waals surface area (Å²) in [4.78, 5) is 15.1. The first-order valence-electron chi connectivity index (χ1n) is 7.59. The van der Waals surface area contributed by atoms with Crippen LogP contribution in [0.1, 0.15) is 21.7 Å². The molecule has 7 heteroatoms. The van der Waals surface area contributed by atoms with Crippen molar-refractivity contribution in [2.24, 2.45) is 4.99 Å². The Kier molecular flexibility index (Phi) is 5.11. The number of nitriles is 1. The fraction of sp³-hybridized carbons (Fsp3) is 0.0526. The van der Waals surface area contributed by atoms with Crippen molar-refractivity contribution in [1.82, 2.24) is 5.16 Å². The zero-order valence-corrected chi connectivity index (χ0v) is 14.1. The number of aromatic carboxylic acids is 1. The Bertz CT molecular complexity index is 1020. The van der Waals surface area contributed by atoms with Gasteiger partial charge in [0.25, 0.3) is 0 Å². The molecule has 2 aromatic carbocycles. The van der Waals surface area contributed by atoms with Crippen LogP contribution in [0, 0.1) is 11.3 Å². The van der Waals surface area contributed by atoms with Crippen LogP contribution in [0.2, 0.25) is 5.02 Å². The maximum atomic E-state index is 10.8. The van der Waals surface area contributed by atoms with E-state index >= 15 is 0 Å². The van der Waals surface area contributed by atoms with Crippen molar-refractivity contribution in [3.8, 4) is 17.3 Å². The van der Waals surface area contributed by atoms with E-state index in [-0.39, 0.29) is 12.0 Å². The van der Waals surface area contributed by atoms with Gasteiger partial charge in [-0.3, -0.25) is 4.99 Å². The molecule has 1 aromatic heterocycles. The average Bonchev–Trinajstić information content (AvgIpc) is 3.05. The summed E-state index contributed by atoms with van der Waals surface area (Å²) in [6.45, 7) is 0. The smallest absolute Gasteiger partial charge is 0.335 e. The van der Waals surface area contributed by atoms with Crippen LogP contribution >= 0.6 is 11.6 Å². The number of rotatable bonds is 5. The van der Waals surface area contributed by atoms with Gasteiger partial charge in [0.05, 0.1) is 16.3 Å². The van der Waals surface area contributed by atoms with Gasteiger partial charge in [0.2, 0.25) is 0 Å². The Morgan fingerprint density at radius 2 is 2.00 bits per heavy atom. The van der Waals surface area contributed by atoms with Gasteiger partial charge in [0, 0.05) is 18.2 Å². The van der Waals surface area contributed by atoms with Crippen LogP contribution in [-0.4, -0.2) is 22.4 Å². The highest BCUT2D eigenvalue weighted by atomic mass is 35.5. The summed E-state index contributed by atoms with van der Waals surface area (Å²) in [7, 11) is 0. The molecule has 1 heterocycles. The van der Waals surface area contributed by atoms with E-state index in [2.05, 4.69) is 16.2 Å². The number of carbonyl (C=O) groups is 1. The highest BCUT2D eigenvalue weighted by molar-refractivity contribution is 6.33. The molecule has 0 fully saturated rings. The van der Waals surface area contributed by atoms with Gasteiger partial charge >= 0.3 is 5.97 Å². The average molecular weight is 366 g/mol. The maximum Gasteiger partial charge on any atom is 0.335 e. The third kappa shape index (κ3) is 3.63. The Labute approximate surface area is 154 Å². The predicted octanol–water partition coefficient (Wildman–Crippen LogP) is 4.51. The molecule has 128 valence electrons. The summed E-state index contributed by atoms with van der Waals surface area (Å²) in [5, 5.41) is 22.8. The quantitative estimate of drug-likeness (QED) is 0.670. The van der Waals surface area contributed by atoms with Crippen molar-refractivity contribution >= 4 is 29.5 Å². The Morgan fingerprint density at radius 3 is 2.65 bits per heavy atom. The van der Waals surface area contributed by atoms with Crippen LogP contribution in [-0.2, 0) is 6.42 Å². The molecule has 0 aliphatic rings. The van der Waals surface area contributed by atoms with E-state index in [1.807, 2.05) is 0 Å². The number of aromatic nitrogens is 1. The van der Waals surface area contributed by atoms with Crippen LogP contribution in [0.15, 0.2) is 58.0 Å². The molecular formula is C19H12ClN3O3. The minimum absolute atomic E-state index is 0.190. The fourth-order valence-electron chi connectivity index (χ4n) is 2.34. The topological polar surface area (TPSA) is 99.5 Å². The molecule has 0 unspecified atom stereocenters. The predicted molar refractivity (Wildman–Crippen MR) is 96.9 cm³/mol. The van der Waals surface area contributed by atoms with Gasteiger partial charge in [-0.2, -0.15) is 5.26 Å². The largest absolute Gasteiger partial charge is 0.478 e. The zero-order chi connectivity index (χ0) is 18.5. The standard InChI is InChI=1S/C19H12ClN3O3/c20-16-4-2-1-3-14(16)18-15(11-21)17(26-23-18)9-10-22-13-7-5-12(6-8-13)19(24)25/h1-8,10H,9H2,(H,24,25). The second-order valence-corrected chi connectivity index (χ2v) is 5.70. The third-order valence-corrected chi connectivity index (χ3v) is 3.96. The zero-order valence-electron chi connectivity index (χ0n) is 13.4. The number of nitrogens with zero attached hydrogens (tertiary/aromatic N) is 3. The van der Waals surface area contributed by atoms with Gasteiger partial charge in [-0.05, 0) is 30.3 Å². The van der Waals surface area contributed by atoms with Crippen molar-refractivity contribution in [2.75, 3.05) is 0 Å². The molecular weight excluding hydrogens is 354 g/mol. The molecule has 0 aliphatic heterocycles. The number of aliphatic imine (C=N–C) groups is 1. The van der Waals surface area contributed by atoms with E-state index in [0.29, 0.717) is 33.3 Å². The number of benzene rings is 2. The van der Waals surface area contributed by atoms with Crippen molar-refractivity contribution < 1.29 is 14.4 Å². The lowest BCUT2D eigenvalue weighted by molar-refractivity contribution is 0.0697. The molecule has 0 spiro atoms. The molecule has 3 rings (SSSR count). The van der Waals surface area contributed by atoms with E-state index in [1.165, 1.54) is 12.1 Å². The van der Waals surface area contributed by atoms with Gasteiger partial charge in [-0.1, -0.05) is 35.0 Å². The number of hydrogen-bond donors (Lipinski definition) is 1. The molecule has 0 saturated heterocycles. The first-order valence-corrected chi connectivity index (χ1v) is 7.97. The minimum Gasteiger partial charge on any atom is -0.478 e. The van der Waals surface area contributed by atoms with Gasteiger partial charge in [-0.15, -0.1) is 0 Å². The molecule has 0 amide bonds. The van der Waals surface area contributed by atoms with Gasteiger partial charge in [-0.25, -0.2) is 4.79 Å². The number of hydrogen-bond acceptors (Lipinski definition) is 5. The van der Waals surface area contributed by atoms with Crippen LogP contribution in [0.3, 0.4) is 0 Å². The summed E-state index contributed by atoms with van der Waals surface area (Å²) in [6, 6.07) is 15.3. The summed E-state index contributed by atoms with van der Waals surface area (Å²) < 4.78 is 5.28. The molecule has 0 aliphatic carbocycles. The summed E-state index contributed by atoms with van der Waals surface area (Å²) in [6.07, 6.45) is 1.84. The molecule has 1 N–H and O–H groups in total. The van der Waals surface area contributed by atoms with Crippen LogP contribution in [0.4, 0.5) is 5.69 Å². The number of carboxylic acid groups (broad SMARTS) is 1. The Hall–Kier alpha value is -3.43. The molecule has 26 heavy (non-hydrogen) atoms. The van der Waals surface area contributed by atoms with Crippen molar-refractivity contribution in [3.63, 3.8) is 0 Å². The lowest BCUT2D eigenvalue weighted by Crippen LogP contribution is -1.94. The van der Waals surface area contributed by atoms with Crippen LogP contribution in [0.5, 0.6) is 0 Å². The van der Waals surface area contributed by atoms with E-state index in [0.717, 1.165) is 0 Å². The van der Waals surface area contributed by atoms with E-state index in [4.69, 9.17) is 21.2 Å². The number of halogens is 1. The van der Waals surface area contributed by atoms with Crippen molar-refractivity contribution in [1.29, 1.82) is 5.26 Å². The molecule has 6 nitrogen and oxygen atoms in total. The highest BCUT2D eigenvalue weighted by Crippen LogP contribution is 2.30. The van der Waals surface area contributed by atoms with Crippen LogP contribution in [0.25, 0.3) is 11.3 Å². The first-order chi connectivity index (χ1) is 12.6.